The van der Waals surface area contributed by atoms with Gasteiger partial charge in [-0.05, 0) is 35.1 Å². The molecular formula is C21H25NO5. The molecule has 0 radical (unpaired) electrons. The first-order valence-corrected chi connectivity index (χ1v) is 9.34. The number of rotatable bonds is 2. The van der Waals surface area contributed by atoms with Crippen LogP contribution in [0.2, 0.25) is 0 Å². The minimum atomic E-state index is -1.26. The summed E-state index contributed by atoms with van der Waals surface area (Å²) in [6.07, 6.45) is 1.29. The average molecular weight is 371 g/mol. The molecule has 2 heterocycles. The van der Waals surface area contributed by atoms with E-state index < -0.39 is 11.5 Å². The smallest absolute Gasteiger partial charge is 0.224 e. The molecule has 4 rings (SSSR count). The topological polar surface area (TPSA) is 72.9 Å². The molecule has 0 bridgehead atoms. The van der Waals surface area contributed by atoms with Crippen LogP contribution in [0.3, 0.4) is 0 Å². The Morgan fingerprint density at radius 2 is 1.56 bits per heavy atom. The lowest BCUT2D eigenvalue weighted by atomic mass is 9.59. The van der Waals surface area contributed by atoms with Crippen molar-refractivity contribution >= 4 is 17.5 Å². The molecule has 1 saturated heterocycles. The minimum absolute atomic E-state index is 0.0147. The standard InChI is InChI=1S/C21H25NO5/c1-20(2)9-16(23)21(17(24)10-20)11-18(25)22-6-5-12-7-14(26-3)15(27-4)8-13(12)19(21)22/h7-8,19H,5-6,9-11H2,1-4H3/t19-/m0/s1. The molecule has 0 aromatic heterocycles. The number of ether oxygens (including phenoxy) is 2. The Morgan fingerprint density at radius 3 is 2.15 bits per heavy atom. The SMILES string of the molecule is COc1cc2c(cc1OC)[C@@H]1N(CC2)C(=O)CC12C(=O)CC(C)(C)CC2=O. The summed E-state index contributed by atoms with van der Waals surface area (Å²) in [6.45, 7) is 4.39. The fourth-order valence-corrected chi connectivity index (χ4v) is 5.09. The van der Waals surface area contributed by atoms with E-state index in [2.05, 4.69) is 0 Å². The third-order valence-corrected chi connectivity index (χ3v) is 6.36. The summed E-state index contributed by atoms with van der Waals surface area (Å²) in [4.78, 5) is 41.1. The van der Waals surface area contributed by atoms with Crippen molar-refractivity contribution in [1.29, 1.82) is 0 Å². The number of hydrogen-bond donors (Lipinski definition) is 0. The van der Waals surface area contributed by atoms with Crippen LogP contribution in [0.5, 0.6) is 11.5 Å². The zero-order chi connectivity index (χ0) is 19.6. The Kier molecular flexibility index (Phi) is 3.88. The third-order valence-electron chi connectivity index (χ3n) is 6.36. The van der Waals surface area contributed by atoms with Crippen LogP contribution < -0.4 is 9.47 Å². The van der Waals surface area contributed by atoms with Crippen molar-refractivity contribution in [3.05, 3.63) is 23.3 Å². The largest absolute Gasteiger partial charge is 0.493 e. The first-order valence-electron chi connectivity index (χ1n) is 9.34. The predicted molar refractivity (Wildman–Crippen MR) is 97.8 cm³/mol. The number of hydrogen-bond acceptors (Lipinski definition) is 5. The zero-order valence-corrected chi connectivity index (χ0v) is 16.3. The Morgan fingerprint density at radius 1 is 0.963 bits per heavy atom. The molecule has 3 aliphatic rings. The zero-order valence-electron chi connectivity index (χ0n) is 16.3. The molecule has 0 N–H and O–H groups in total. The fourth-order valence-electron chi connectivity index (χ4n) is 5.09. The van der Waals surface area contributed by atoms with Gasteiger partial charge in [0.15, 0.2) is 11.5 Å². The van der Waals surface area contributed by atoms with Crippen LogP contribution in [0.1, 0.15) is 50.3 Å². The summed E-state index contributed by atoms with van der Waals surface area (Å²) in [7, 11) is 3.13. The lowest BCUT2D eigenvalue weighted by Crippen LogP contribution is -2.52. The highest BCUT2D eigenvalue weighted by Gasteiger charge is 2.64. The lowest BCUT2D eigenvalue weighted by molar-refractivity contribution is -0.150. The van der Waals surface area contributed by atoms with Crippen LogP contribution in [-0.2, 0) is 20.8 Å². The highest BCUT2D eigenvalue weighted by molar-refractivity contribution is 6.14. The normalized spacial score (nSPS) is 25.4. The molecule has 2 fully saturated rings. The van der Waals surface area contributed by atoms with E-state index in [9.17, 15) is 14.4 Å². The molecule has 27 heavy (non-hydrogen) atoms. The van der Waals surface area contributed by atoms with E-state index >= 15 is 0 Å². The van der Waals surface area contributed by atoms with E-state index in [0.717, 1.165) is 11.1 Å². The summed E-state index contributed by atoms with van der Waals surface area (Å²) in [5.74, 6) is 0.843. The molecule has 1 spiro atoms. The molecule has 1 aromatic rings. The van der Waals surface area contributed by atoms with E-state index in [0.29, 0.717) is 37.3 Å². The minimum Gasteiger partial charge on any atom is -0.493 e. The molecule has 6 heteroatoms. The van der Waals surface area contributed by atoms with Crippen LogP contribution >= 0.6 is 0 Å². The van der Waals surface area contributed by atoms with Crippen LogP contribution in [0.25, 0.3) is 0 Å². The maximum Gasteiger partial charge on any atom is 0.224 e. The molecule has 1 aromatic carbocycles. The van der Waals surface area contributed by atoms with Gasteiger partial charge in [-0.3, -0.25) is 14.4 Å². The van der Waals surface area contributed by atoms with Crippen molar-refractivity contribution in [3.63, 3.8) is 0 Å². The average Bonchev–Trinajstić information content (AvgIpc) is 2.92. The maximum absolute atomic E-state index is 13.3. The maximum atomic E-state index is 13.3. The predicted octanol–water partition coefficient (Wildman–Crippen LogP) is 2.48. The first-order chi connectivity index (χ1) is 12.7. The van der Waals surface area contributed by atoms with Crippen LogP contribution in [0, 0.1) is 10.8 Å². The Hall–Kier alpha value is -2.37. The summed E-state index contributed by atoms with van der Waals surface area (Å²) < 4.78 is 10.8. The summed E-state index contributed by atoms with van der Waals surface area (Å²) in [6, 6.07) is 3.21. The van der Waals surface area contributed by atoms with Gasteiger partial charge in [-0.25, -0.2) is 0 Å². The van der Waals surface area contributed by atoms with Gasteiger partial charge in [0, 0.05) is 25.8 Å². The Bertz CT molecular complexity index is 836. The second-order valence-corrected chi connectivity index (χ2v) is 8.66. The van der Waals surface area contributed by atoms with Crippen LogP contribution in [-0.4, -0.2) is 43.1 Å². The molecule has 144 valence electrons. The van der Waals surface area contributed by atoms with E-state index in [1.54, 1.807) is 19.1 Å². The van der Waals surface area contributed by atoms with Crippen LogP contribution in [0.4, 0.5) is 0 Å². The quantitative estimate of drug-likeness (QED) is 0.747. The summed E-state index contributed by atoms with van der Waals surface area (Å²) >= 11 is 0. The first kappa shape index (κ1) is 18.0. The molecule has 1 amide bonds. The van der Waals surface area contributed by atoms with E-state index in [-0.39, 0.29) is 29.3 Å². The van der Waals surface area contributed by atoms with Gasteiger partial charge < -0.3 is 14.4 Å². The van der Waals surface area contributed by atoms with Gasteiger partial charge in [0.1, 0.15) is 17.0 Å². The van der Waals surface area contributed by atoms with Gasteiger partial charge in [0.25, 0.3) is 0 Å². The van der Waals surface area contributed by atoms with Crippen molar-refractivity contribution < 1.29 is 23.9 Å². The number of methoxy groups -OCH3 is 2. The van der Waals surface area contributed by atoms with Gasteiger partial charge >= 0.3 is 0 Å². The summed E-state index contributed by atoms with van der Waals surface area (Å²) in [5, 5.41) is 0. The van der Waals surface area contributed by atoms with E-state index in [4.69, 9.17) is 9.47 Å². The number of benzene rings is 1. The highest BCUT2D eigenvalue weighted by atomic mass is 16.5. The number of Topliss-reactive ketones (excluding diaryl/α,β-unsaturated/α-hetero) is 2. The molecule has 2 aliphatic heterocycles. The Balaban J connectivity index is 1.90. The number of amides is 1. The van der Waals surface area contributed by atoms with Crippen molar-refractivity contribution in [2.45, 2.75) is 45.6 Å². The van der Waals surface area contributed by atoms with E-state index in [1.165, 1.54) is 0 Å². The summed E-state index contributed by atoms with van der Waals surface area (Å²) in [5.41, 5.74) is 0.228. The van der Waals surface area contributed by atoms with Gasteiger partial charge in [0.05, 0.1) is 20.3 Å². The van der Waals surface area contributed by atoms with Gasteiger partial charge in [-0.15, -0.1) is 0 Å². The molecule has 0 unspecified atom stereocenters. The fraction of sp³-hybridized carbons (Fsp3) is 0.571. The highest BCUT2D eigenvalue weighted by Crippen LogP contribution is 2.57. The number of nitrogens with zero attached hydrogens (tertiary/aromatic N) is 1. The number of carbonyl (C=O) groups excluding carboxylic acids is 3. The molecule has 1 saturated carbocycles. The Labute approximate surface area is 158 Å². The molecular weight excluding hydrogens is 346 g/mol. The van der Waals surface area contributed by atoms with Crippen molar-refractivity contribution in [2.24, 2.45) is 10.8 Å². The van der Waals surface area contributed by atoms with Crippen molar-refractivity contribution in [3.8, 4) is 11.5 Å². The number of carbonyl (C=O) groups is 3. The lowest BCUT2D eigenvalue weighted by Gasteiger charge is -2.44. The number of fused-ring (bicyclic) bond motifs is 4. The second kappa shape index (κ2) is 5.81. The van der Waals surface area contributed by atoms with Gasteiger partial charge in [-0.1, -0.05) is 13.8 Å². The van der Waals surface area contributed by atoms with Gasteiger partial charge in [0.2, 0.25) is 5.91 Å². The van der Waals surface area contributed by atoms with Crippen LogP contribution in [0.15, 0.2) is 12.1 Å². The molecule has 1 aliphatic carbocycles. The third kappa shape index (κ3) is 2.42. The molecule has 6 nitrogen and oxygen atoms in total. The van der Waals surface area contributed by atoms with Crippen molar-refractivity contribution in [1.82, 2.24) is 4.90 Å². The molecule has 1 atom stereocenters. The number of ketones is 2. The monoisotopic (exact) mass is 371 g/mol. The van der Waals surface area contributed by atoms with Crippen molar-refractivity contribution in [2.75, 3.05) is 20.8 Å². The van der Waals surface area contributed by atoms with Gasteiger partial charge in [-0.2, -0.15) is 0 Å². The second-order valence-electron chi connectivity index (χ2n) is 8.66. The van der Waals surface area contributed by atoms with E-state index in [1.807, 2.05) is 26.0 Å².